The summed E-state index contributed by atoms with van der Waals surface area (Å²) in [6.07, 6.45) is -0.607. The number of anilines is 2. The average Bonchev–Trinajstić information content (AvgIpc) is 3.27. The zero-order chi connectivity index (χ0) is 26.7. The summed E-state index contributed by atoms with van der Waals surface area (Å²) in [5.74, 6) is -0.189. The lowest BCUT2D eigenvalue weighted by Crippen LogP contribution is -2.46. The molecule has 0 saturated carbocycles. The highest BCUT2D eigenvalue weighted by molar-refractivity contribution is 7.13. The number of nitro benzene ring substituents is 1. The number of carbonyl (C=O) groups excluding carboxylic acids is 2. The monoisotopic (exact) mass is 513 g/mol. The van der Waals surface area contributed by atoms with E-state index in [1.165, 1.54) is 39.9 Å². The first kappa shape index (κ1) is 26.5. The largest absolute Gasteiger partial charge is 0.450 e. The summed E-state index contributed by atoms with van der Waals surface area (Å²) in [6, 6.07) is 10.3. The van der Waals surface area contributed by atoms with Crippen LogP contribution in [0.5, 0.6) is 11.5 Å². The van der Waals surface area contributed by atoms with Crippen LogP contribution in [0.25, 0.3) is 0 Å². The molecule has 0 bridgehead atoms. The molecule has 11 nitrogen and oxygen atoms in total. The van der Waals surface area contributed by atoms with Gasteiger partial charge in [0.05, 0.1) is 4.92 Å². The number of ether oxygens (including phenoxy) is 2. The van der Waals surface area contributed by atoms with E-state index in [0.29, 0.717) is 16.6 Å². The quantitative estimate of drug-likeness (QED) is 0.311. The molecule has 2 aromatic carbocycles. The standard InChI is InChI=1S/C24H27N5O6S/c1-23(2,3)28(21-27-25-14-36-21)20(30)15-7-12-19(18(13-15)29(32)33)34-17-10-8-16(9-11-17)26-22(31)35-24(4,5)6/h7-14H,1-6H3,(H,26,31). The van der Waals surface area contributed by atoms with Crippen molar-refractivity contribution < 1.29 is 24.0 Å². The summed E-state index contributed by atoms with van der Waals surface area (Å²) in [5, 5.41) is 22.5. The Balaban J connectivity index is 1.82. The van der Waals surface area contributed by atoms with Crippen molar-refractivity contribution in [1.82, 2.24) is 10.2 Å². The third-order valence-electron chi connectivity index (χ3n) is 4.54. The van der Waals surface area contributed by atoms with Gasteiger partial charge in [0, 0.05) is 22.9 Å². The highest BCUT2D eigenvalue weighted by atomic mass is 32.1. The molecule has 0 aliphatic rings. The van der Waals surface area contributed by atoms with E-state index in [1.54, 1.807) is 45.0 Å². The van der Waals surface area contributed by atoms with Gasteiger partial charge in [0.2, 0.25) is 10.9 Å². The molecule has 1 aromatic heterocycles. The molecule has 0 atom stereocenters. The summed E-state index contributed by atoms with van der Waals surface area (Å²) in [4.78, 5) is 37.8. The fourth-order valence-corrected chi connectivity index (χ4v) is 3.85. The highest BCUT2D eigenvalue weighted by Crippen LogP contribution is 2.34. The fraction of sp³-hybridized carbons (Fsp3) is 0.333. The van der Waals surface area contributed by atoms with Gasteiger partial charge < -0.3 is 9.47 Å². The normalized spacial score (nSPS) is 11.5. The van der Waals surface area contributed by atoms with E-state index >= 15 is 0 Å². The molecule has 190 valence electrons. The van der Waals surface area contributed by atoms with E-state index in [-0.39, 0.29) is 17.0 Å². The van der Waals surface area contributed by atoms with Crippen LogP contribution in [-0.4, -0.2) is 38.3 Å². The molecule has 36 heavy (non-hydrogen) atoms. The van der Waals surface area contributed by atoms with Crippen molar-refractivity contribution in [2.24, 2.45) is 0 Å². The van der Waals surface area contributed by atoms with Gasteiger partial charge in [-0.1, -0.05) is 11.3 Å². The minimum Gasteiger partial charge on any atom is -0.450 e. The Labute approximate surface area is 212 Å². The van der Waals surface area contributed by atoms with Crippen molar-refractivity contribution in [1.29, 1.82) is 0 Å². The van der Waals surface area contributed by atoms with E-state index in [9.17, 15) is 19.7 Å². The molecular formula is C24H27N5O6S. The second kappa shape index (κ2) is 10.3. The van der Waals surface area contributed by atoms with Crippen molar-refractivity contribution >= 4 is 39.8 Å². The molecule has 1 heterocycles. The predicted octanol–water partition coefficient (Wildman–Crippen LogP) is 6.03. The Hall–Kier alpha value is -4.06. The van der Waals surface area contributed by atoms with Crippen molar-refractivity contribution in [2.75, 3.05) is 10.2 Å². The number of nitrogens with one attached hydrogen (secondary N) is 1. The molecule has 0 fully saturated rings. The summed E-state index contributed by atoms with van der Waals surface area (Å²) in [7, 11) is 0. The van der Waals surface area contributed by atoms with Gasteiger partial charge in [-0.25, -0.2) is 4.79 Å². The molecule has 2 amide bonds. The Morgan fingerprint density at radius 1 is 1.06 bits per heavy atom. The van der Waals surface area contributed by atoms with Gasteiger partial charge in [-0.05, 0) is 77.9 Å². The number of aromatic nitrogens is 2. The first-order valence-electron chi connectivity index (χ1n) is 10.9. The highest BCUT2D eigenvalue weighted by Gasteiger charge is 2.32. The molecule has 3 rings (SSSR count). The second-order valence-electron chi connectivity index (χ2n) is 9.73. The van der Waals surface area contributed by atoms with E-state index in [0.717, 1.165) is 0 Å². The van der Waals surface area contributed by atoms with Crippen molar-refractivity contribution in [3.05, 3.63) is 63.7 Å². The Bertz CT molecular complexity index is 1250. The van der Waals surface area contributed by atoms with Crippen molar-refractivity contribution in [3.8, 4) is 11.5 Å². The number of rotatable bonds is 6. The van der Waals surface area contributed by atoms with Crippen LogP contribution in [0.3, 0.4) is 0 Å². The molecule has 0 unspecified atom stereocenters. The first-order chi connectivity index (χ1) is 16.7. The number of benzene rings is 2. The second-order valence-corrected chi connectivity index (χ2v) is 10.5. The van der Waals surface area contributed by atoms with Crippen molar-refractivity contribution in [3.63, 3.8) is 0 Å². The number of nitrogens with zero attached hydrogens (tertiary/aromatic N) is 4. The van der Waals surface area contributed by atoms with Gasteiger partial charge in [0.25, 0.3) is 5.91 Å². The van der Waals surface area contributed by atoms with E-state index in [2.05, 4.69) is 15.5 Å². The number of hydrogen-bond acceptors (Lipinski definition) is 9. The van der Waals surface area contributed by atoms with Crippen LogP contribution in [0.1, 0.15) is 51.9 Å². The number of nitro groups is 1. The zero-order valence-electron chi connectivity index (χ0n) is 20.8. The van der Waals surface area contributed by atoms with Crippen LogP contribution < -0.4 is 15.0 Å². The van der Waals surface area contributed by atoms with Crippen LogP contribution in [0.15, 0.2) is 48.0 Å². The molecule has 1 N–H and O–H groups in total. The molecule has 12 heteroatoms. The third kappa shape index (κ3) is 6.75. The lowest BCUT2D eigenvalue weighted by Gasteiger charge is -2.33. The molecule has 0 spiro atoms. The fourth-order valence-electron chi connectivity index (χ4n) is 3.11. The van der Waals surface area contributed by atoms with E-state index in [1.807, 2.05) is 20.8 Å². The maximum absolute atomic E-state index is 13.3. The van der Waals surface area contributed by atoms with E-state index in [4.69, 9.17) is 9.47 Å². The summed E-state index contributed by atoms with van der Waals surface area (Å²) in [5.41, 5.74) is 0.427. The minimum absolute atomic E-state index is 0.0392. The number of hydrogen-bond donors (Lipinski definition) is 1. The van der Waals surface area contributed by atoms with Crippen LogP contribution in [0, 0.1) is 10.1 Å². The summed E-state index contributed by atoms with van der Waals surface area (Å²) < 4.78 is 10.9. The summed E-state index contributed by atoms with van der Waals surface area (Å²) in [6.45, 7) is 10.8. The zero-order valence-corrected chi connectivity index (χ0v) is 21.6. The molecule has 0 aliphatic carbocycles. The molecule has 0 radical (unpaired) electrons. The van der Waals surface area contributed by atoms with Gasteiger partial charge in [-0.2, -0.15) is 0 Å². The van der Waals surface area contributed by atoms with Crippen LogP contribution >= 0.6 is 11.3 Å². The lowest BCUT2D eigenvalue weighted by atomic mass is 10.0. The average molecular weight is 514 g/mol. The SMILES string of the molecule is CC(C)(C)OC(=O)Nc1ccc(Oc2ccc(C(=O)N(c3nncs3)C(C)(C)C)cc2[N+](=O)[O-])cc1. The van der Waals surface area contributed by atoms with Gasteiger partial charge >= 0.3 is 11.8 Å². The lowest BCUT2D eigenvalue weighted by molar-refractivity contribution is -0.385. The smallest absolute Gasteiger partial charge is 0.412 e. The van der Waals surface area contributed by atoms with E-state index < -0.39 is 28.1 Å². The van der Waals surface area contributed by atoms with Crippen molar-refractivity contribution in [2.45, 2.75) is 52.7 Å². The van der Waals surface area contributed by atoms with Gasteiger partial charge in [-0.15, -0.1) is 10.2 Å². The van der Waals surface area contributed by atoms with Crippen LogP contribution in [0.4, 0.5) is 21.3 Å². The Morgan fingerprint density at radius 2 is 1.72 bits per heavy atom. The first-order valence-corrected chi connectivity index (χ1v) is 11.8. The summed E-state index contributed by atoms with van der Waals surface area (Å²) >= 11 is 1.19. The Morgan fingerprint density at radius 3 is 2.25 bits per heavy atom. The predicted molar refractivity (Wildman–Crippen MR) is 136 cm³/mol. The Kier molecular flexibility index (Phi) is 7.58. The van der Waals surface area contributed by atoms with Crippen LogP contribution in [-0.2, 0) is 4.74 Å². The van der Waals surface area contributed by atoms with Gasteiger partial charge in [0.1, 0.15) is 16.9 Å². The van der Waals surface area contributed by atoms with Gasteiger partial charge in [-0.3, -0.25) is 25.1 Å². The van der Waals surface area contributed by atoms with Gasteiger partial charge in [0.15, 0.2) is 0 Å². The molecule has 3 aromatic rings. The maximum Gasteiger partial charge on any atom is 0.412 e. The minimum atomic E-state index is -0.643. The van der Waals surface area contributed by atoms with Crippen LogP contribution in [0.2, 0.25) is 0 Å². The molecule has 0 saturated heterocycles. The molecule has 0 aliphatic heterocycles. The third-order valence-corrected chi connectivity index (χ3v) is 5.22. The maximum atomic E-state index is 13.3. The topological polar surface area (TPSA) is 137 Å². The number of carbonyl (C=O) groups is 2. The molecular weight excluding hydrogens is 486 g/mol. The number of amides is 2.